The minimum atomic E-state index is -0.0257. The summed E-state index contributed by atoms with van der Waals surface area (Å²) in [5.41, 5.74) is 0. The van der Waals surface area contributed by atoms with Gasteiger partial charge in [0.2, 0.25) is 0 Å². The van der Waals surface area contributed by atoms with Crippen LogP contribution in [0.25, 0.3) is 0 Å². The maximum Gasteiger partial charge on any atom is 0.133 e. The summed E-state index contributed by atoms with van der Waals surface area (Å²) >= 11 is 0. The molecule has 106 valence electrons. The van der Waals surface area contributed by atoms with Crippen LogP contribution in [0.1, 0.15) is 57.8 Å². The molecule has 7 atom stereocenters. The highest BCUT2D eigenvalue weighted by Crippen LogP contribution is 2.56. The number of aliphatic hydroxyl groups excluding tert-OH is 1. The quantitative estimate of drug-likeness (QED) is 0.728. The summed E-state index contributed by atoms with van der Waals surface area (Å²) in [6.07, 6.45) is 10.5. The molecule has 2 nitrogen and oxygen atoms in total. The van der Waals surface area contributed by atoms with Crippen molar-refractivity contribution in [3.63, 3.8) is 0 Å². The Morgan fingerprint density at radius 1 is 0.737 bits per heavy atom. The summed E-state index contributed by atoms with van der Waals surface area (Å²) in [6, 6.07) is 0. The van der Waals surface area contributed by atoms with E-state index < -0.39 is 0 Å². The van der Waals surface area contributed by atoms with Crippen molar-refractivity contribution in [1.82, 2.24) is 0 Å². The molecule has 0 saturated heterocycles. The fourth-order valence-corrected chi connectivity index (χ4v) is 6.10. The molecule has 0 amide bonds. The van der Waals surface area contributed by atoms with Crippen LogP contribution in [0.2, 0.25) is 0 Å². The van der Waals surface area contributed by atoms with Gasteiger partial charge in [0.05, 0.1) is 6.10 Å². The molecule has 0 aromatic carbocycles. The number of fused-ring (bicyclic) bond motifs is 4. The molecule has 0 spiro atoms. The first-order valence-corrected chi connectivity index (χ1v) is 8.40. The van der Waals surface area contributed by atoms with Crippen LogP contribution >= 0.6 is 0 Å². The monoisotopic (exact) mass is 262 g/mol. The van der Waals surface area contributed by atoms with E-state index in [4.69, 9.17) is 0 Å². The van der Waals surface area contributed by atoms with Crippen molar-refractivity contribution >= 4 is 5.78 Å². The molecule has 2 heteroatoms. The van der Waals surface area contributed by atoms with Crippen LogP contribution in [0.3, 0.4) is 0 Å². The maximum absolute atomic E-state index is 11.7. The Bertz CT molecular complexity index is 377. The van der Waals surface area contributed by atoms with Crippen LogP contribution in [0.4, 0.5) is 0 Å². The van der Waals surface area contributed by atoms with Crippen LogP contribution in [0, 0.1) is 35.5 Å². The zero-order valence-corrected chi connectivity index (χ0v) is 11.8. The van der Waals surface area contributed by atoms with Gasteiger partial charge in [0.25, 0.3) is 0 Å². The Kier molecular flexibility index (Phi) is 2.98. The topological polar surface area (TPSA) is 37.3 Å². The largest absolute Gasteiger partial charge is 0.393 e. The van der Waals surface area contributed by atoms with Gasteiger partial charge in [-0.15, -0.1) is 0 Å². The third kappa shape index (κ3) is 2.07. The molecule has 0 radical (unpaired) electrons. The average Bonchev–Trinajstić information content (AvgIpc) is 2.74. The zero-order chi connectivity index (χ0) is 13.0. The average molecular weight is 262 g/mol. The highest BCUT2D eigenvalue weighted by Gasteiger charge is 2.49. The van der Waals surface area contributed by atoms with Gasteiger partial charge in [-0.25, -0.2) is 0 Å². The number of rotatable bonds is 0. The molecule has 0 aliphatic heterocycles. The Morgan fingerprint density at radius 3 is 2.21 bits per heavy atom. The summed E-state index contributed by atoms with van der Waals surface area (Å²) in [6.45, 7) is 0. The highest BCUT2D eigenvalue weighted by molar-refractivity contribution is 5.81. The van der Waals surface area contributed by atoms with E-state index >= 15 is 0 Å². The van der Waals surface area contributed by atoms with Crippen molar-refractivity contribution < 1.29 is 9.90 Å². The summed E-state index contributed by atoms with van der Waals surface area (Å²) in [4.78, 5) is 11.7. The van der Waals surface area contributed by atoms with Crippen molar-refractivity contribution in [2.24, 2.45) is 35.5 Å². The number of hydrogen-bond donors (Lipinski definition) is 1. The molecule has 1 unspecified atom stereocenters. The van der Waals surface area contributed by atoms with Gasteiger partial charge < -0.3 is 5.11 Å². The van der Waals surface area contributed by atoms with Crippen molar-refractivity contribution in [3.05, 3.63) is 0 Å². The third-order valence-corrected chi connectivity index (χ3v) is 6.90. The summed E-state index contributed by atoms with van der Waals surface area (Å²) in [7, 11) is 0. The standard InChI is InChI=1S/C17H26O2/c18-14-3-4-16-11(6-14)2-1-10-5-12-7-15(19)8-13(12)9-17(10)16/h10-14,16-18H,1-9H2/t10-,11-,12?,13+,14+,16-,17-/m0/s1. The number of Topliss-reactive ketones (excluding diaryl/α,β-unsaturated/α-hetero) is 1. The first-order chi connectivity index (χ1) is 9.20. The normalized spacial score (nSPS) is 53.3. The van der Waals surface area contributed by atoms with Crippen LogP contribution < -0.4 is 0 Å². The van der Waals surface area contributed by atoms with Gasteiger partial charge in [0.1, 0.15) is 5.78 Å². The van der Waals surface area contributed by atoms with E-state index in [-0.39, 0.29) is 6.10 Å². The van der Waals surface area contributed by atoms with E-state index in [1.54, 1.807) is 0 Å². The van der Waals surface area contributed by atoms with Gasteiger partial charge in [0.15, 0.2) is 0 Å². The molecule has 4 aliphatic carbocycles. The lowest BCUT2D eigenvalue weighted by molar-refractivity contribution is -0.117. The fraction of sp³-hybridized carbons (Fsp3) is 0.941. The number of hydrogen-bond acceptors (Lipinski definition) is 2. The molecule has 4 saturated carbocycles. The Labute approximate surface area is 116 Å². The zero-order valence-electron chi connectivity index (χ0n) is 11.8. The summed E-state index contributed by atoms with van der Waals surface area (Å²) in [5.74, 6) is 5.45. The highest BCUT2D eigenvalue weighted by atomic mass is 16.3. The summed E-state index contributed by atoms with van der Waals surface area (Å²) in [5, 5.41) is 9.88. The van der Waals surface area contributed by atoms with Crippen LogP contribution in [-0.4, -0.2) is 17.0 Å². The molecule has 19 heavy (non-hydrogen) atoms. The minimum absolute atomic E-state index is 0.0257. The molecule has 4 rings (SSSR count). The van der Waals surface area contributed by atoms with Crippen molar-refractivity contribution in [2.75, 3.05) is 0 Å². The van der Waals surface area contributed by atoms with Gasteiger partial charge in [-0.05, 0) is 80.5 Å². The number of ketones is 1. The number of carbonyl (C=O) groups is 1. The first kappa shape index (κ1) is 12.4. The molecular weight excluding hydrogens is 236 g/mol. The SMILES string of the molecule is O=C1CC2C[C@@H]3CC[C@H]4C[C@H](O)CC[C@@H]4[C@H]3C[C@H]2C1. The van der Waals surface area contributed by atoms with Crippen LogP contribution in [-0.2, 0) is 4.79 Å². The van der Waals surface area contributed by atoms with Crippen LogP contribution in [0.15, 0.2) is 0 Å². The predicted molar refractivity (Wildman–Crippen MR) is 73.5 cm³/mol. The van der Waals surface area contributed by atoms with Gasteiger partial charge in [0, 0.05) is 12.8 Å². The van der Waals surface area contributed by atoms with Gasteiger partial charge in [-0.2, -0.15) is 0 Å². The van der Waals surface area contributed by atoms with Crippen molar-refractivity contribution in [3.8, 4) is 0 Å². The molecule has 0 bridgehead atoms. The van der Waals surface area contributed by atoms with Gasteiger partial charge in [-0.3, -0.25) is 4.79 Å². The molecule has 0 aromatic rings. The van der Waals surface area contributed by atoms with E-state index in [1.165, 1.54) is 32.1 Å². The lowest BCUT2D eigenvalue weighted by Crippen LogP contribution is -2.43. The van der Waals surface area contributed by atoms with E-state index in [1.807, 2.05) is 0 Å². The van der Waals surface area contributed by atoms with Gasteiger partial charge in [-0.1, -0.05) is 0 Å². The van der Waals surface area contributed by atoms with Gasteiger partial charge >= 0.3 is 0 Å². The van der Waals surface area contributed by atoms with Crippen LogP contribution in [0.5, 0.6) is 0 Å². The first-order valence-electron chi connectivity index (χ1n) is 8.40. The Balaban J connectivity index is 1.52. The third-order valence-electron chi connectivity index (χ3n) is 6.90. The van der Waals surface area contributed by atoms with E-state index in [2.05, 4.69) is 0 Å². The molecule has 0 aromatic heterocycles. The van der Waals surface area contributed by atoms with Crippen molar-refractivity contribution in [2.45, 2.75) is 63.9 Å². The Hall–Kier alpha value is -0.370. The number of aliphatic hydroxyl groups is 1. The second kappa shape index (κ2) is 4.58. The second-order valence-corrected chi connectivity index (χ2v) is 7.83. The van der Waals surface area contributed by atoms with Crippen molar-refractivity contribution in [1.29, 1.82) is 0 Å². The van der Waals surface area contributed by atoms with E-state index in [9.17, 15) is 9.90 Å². The van der Waals surface area contributed by atoms with E-state index in [0.717, 1.165) is 61.2 Å². The lowest BCUT2D eigenvalue weighted by Gasteiger charge is -2.51. The molecule has 1 N–H and O–H groups in total. The molecule has 0 heterocycles. The van der Waals surface area contributed by atoms with E-state index in [0.29, 0.717) is 5.78 Å². The second-order valence-electron chi connectivity index (χ2n) is 7.83. The predicted octanol–water partition coefficient (Wildman–Crippen LogP) is 3.18. The molecule has 4 aliphatic rings. The lowest BCUT2D eigenvalue weighted by atomic mass is 9.54. The fourth-order valence-electron chi connectivity index (χ4n) is 6.10. The minimum Gasteiger partial charge on any atom is -0.393 e. The molecule has 4 fully saturated rings. The smallest absolute Gasteiger partial charge is 0.133 e. The number of carbonyl (C=O) groups excluding carboxylic acids is 1. The Morgan fingerprint density at radius 2 is 1.42 bits per heavy atom. The maximum atomic E-state index is 11.7. The summed E-state index contributed by atoms with van der Waals surface area (Å²) < 4.78 is 0. The molecular formula is C17H26O2.